The highest BCUT2D eigenvalue weighted by Crippen LogP contribution is 2.48. The molecule has 0 heterocycles. The Kier molecular flexibility index (Phi) is 8.70. The summed E-state index contributed by atoms with van der Waals surface area (Å²) in [7, 11) is -6.42. The highest BCUT2D eigenvalue weighted by Gasteiger charge is 2.30. The van der Waals surface area contributed by atoms with E-state index < -0.39 is 15.2 Å². The maximum atomic E-state index is 12.3. The molecular formula is C19H24N2O8P2. The van der Waals surface area contributed by atoms with Crippen molar-refractivity contribution in [2.45, 2.75) is 6.42 Å². The molecule has 10 nitrogen and oxygen atoms in total. The summed E-state index contributed by atoms with van der Waals surface area (Å²) in [6.45, 7) is 0.0235. The lowest BCUT2D eigenvalue weighted by Crippen LogP contribution is -2.07. The number of nitrogens with zero attached hydrogens (tertiary/aromatic N) is 2. The topological polar surface area (TPSA) is 158 Å². The quantitative estimate of drug-likeness (QED) is 0.234. The van der Waals surface area contributed by atoms with Crippen LogP contribution in [0.5, 0.6) is 11.5 Å². The van der Waals surface area contributed by atoms with Crippen molar-refractivity contribution < 1.29 is 38.2 Å². The van der Waals surface area contributed by atoms with Gasteiger partial charge in [-0.2, -0.15) is 0 Å². The van der Waals surface area contributed by atoms with E-state index in [9.17, 15) is 29.1 Å². The van der Waals surface area contributed by atoms with Gasteiger partial charge in [0.25, 0.3) is 0 Å². The molecule has 2 rings (SSSR count). The smallest absolute Gasteiger partial charge is 0.377 e. The fraction of sp³-hybridized carbons (Fsp3) is 0.263. The second-order valence-corrected chi connectivity index (χ2v) is 9.86. The molecule has 31 heavy (non-hydrogen) atoms. The van der Waals surface area contributed by atoms with Crippen molar-refractivity contribution >= 4 is 26.1 Å². The lowest BCUT2D eigenvalue weighted by atomic mass is 10.2. The lowest BCUT2D eigenvalue weighted by molar-refractivity contribution is 0.330. The fourth-order valence-corrected chi connectivity index (χ4v) is 4.48. The fourth-order valence-electron chi connectivity index (χ4n) is 2.59. The van der Waals surface area contributed by atoms with Crippen molar-refractivity contribution in [1.29, 1.82) is 0 Å². The van der Waals surface area contributed by atoms with Gasteiger partial charge in [0.2, 0.25) is 0 Å². The number of benzene rings is 2. The molecular weight excluding hydrogens is 446 g/mol. The first kappa shape index (κ1) is 24.9. The van der Waals surface area contributed by atoms with E-state index in [1.807, 2.05) is 0 Å². The zero-order valence-electron chi connectivity index (χ0n) is 17.0. The molecule has 0 aliphatic carbocycles. The van der Waals surface area contributed by atoms with Crippen LogP contribution in [0.2, 0.25) is 0 Å². The molecule has 0 aromatic heterocycles. The van der Waals surface area contributed by atoms with Crippen molar-refractivity contribution in [2.24, 2.45) is 9.98 Å². The molecule has 0 saturated heterocycles. The number of para-hydroxylation sites is 2. The number of rotatable bonds is 10. The Labute approximate surface area is 179 Å². The number of aromatic hydroxyl groups is 2. The predicted octanol–water partition coefficient (Wildman–Crippen LogP) is 3.34. The van der Waals surface area contributed by atoms with E-state index in [-0.39, 0.29) is 53.0 Å². The number of hydrogen-bond donors (Lipinski definition) is 4. The normalized spacial score (nSPS) is 16.5. The number of hydrogen-bond acceptors (Lipinski definition) is 8. The van der Waals surface area contributed by atoms with Gasteiger partial charge in [-0.3, -0.25) is 19.1 Å². The highest BCUT2D eigenvalue weighted by atomic mass is 31.2. The summed E-state index contributed by atoms with van der Waals surface area (Å²) in [6, 6.07) is 11.9. The third kappa shape index (κ3) is 6.33. The van der Waals surface area contributed by atoms with Gasteiger partial charge in [0.05, 0.1) is 0 Å². The second kappa shape index (κ2) is 10.8. The molecule has 0 saturated carbocycles. The Balaban J connectivity index is 2.25. The van der Waals surface area contributed by atoms with Gasteiger partial charge in [-0.25, -0.2) is 0 Å². The van der Waals surface area contributed by atoms with Crippen molar-refractivity contribution in [2.75, 3.05) is 27.3 Å². The third-order valence-corrected chi connectivity index (χ3v) is 6.98. The third-order valence-electron chi connectivity index (χ3n) is 4.16. The van der Waals surface area contributed by atoms with Crippen molar-refractivity contribution in [3.05, 3.63) is 59.7 Å². The number of phenolic OH excluding ortho intramolecular Hbond substituents is 2. The Hall–Kier alpha value is -2.32. The van der Waals surface area contributed by atoms with E-state index in [1.54, 1.807) is 24.3 Å². The molecule has 2 aromatic carbocycles. The van der Waals surface area contributed by atoms with E-state index in [4.69, 9.17) is 0 Å². The molecule has 0 amide bonds. The second-order valence-electron chi connectivity index (χ2n) is 6.20. The van der Waals surface area contributed by atoms with Crippen molar-refractivity contribution in [1.82, 2.24) is 0 Å². The Morgan fingerprint density at radius 3 is 1.45 bits per heavy atom. The SMILES string of the molecule is COP(=O)(O)C(=NCCCN=C(c1ccccc1O)P(=O)(O)OC)c1ccccc1O. The van der Waals surface area contributed by atoms with Crippen LogP contribution in [-0.2, 0) is 18.2 Å². The number of phenols is 2. The van der Waals surface area contributed by atoms with Gasteiger partial charge in [0.15, 0.2) is 10.9 Å². The molecule has 0 fully saturated rings. The number of aliphatic imine (C=N–C) groups is 2. The summed E-state index contributed by atoms with van der Waals surface area (Å²) in [5.74, 6) is -0.456. The zero-order valence-corrected chi connectivity index (χ0v) is 18.7. The maximum absolute atomic E-state index is 12.3. The molecule has 0 aliphatic heterocycles. The summed E-state index contributed by atoms with van der Waals surface area (Å²) < 4.78 is 34.0. The summed E-state index contributed by atoms with van der Waals surface area (Å²) >= 11 is 0. The van der Waals surface area contributed by atoms with Crippen LogP contribution in [0.3, 0.4) is 0 Å². The van der Waals surface area contributed by atoms with Crippen LogP contribution in [-0.4, -0.2) is 58.2 Å². The predicted molar refractivity (Wildman–Crippen MR) is 117 cm³/mol. The molecule has 2 unspecified atom stereocenters. The van der Waals surface area contributed by atoms with Gasteiger partial charge < -0.3 is 29.0 Å². The molecule has 0 spiro atoms. The maximum Gasteiger partial charge on any atom is 0.377 e. The van der Waals surface area contributed by atoms with E-state index >= 15 is 0 Å². The van der Waals surface area contributed by atoms with Gasteiger partial charge in [-0.1, -0.05) is 24.3 Å². The summed E-state index contributed by atoms with van der Waals surface area (Å²) in [6.07, 6.45) is 0.224. The Morgan fingerprint density at radius 2 is 1.13 bits per heavy atom. The zero-order chi connectivity index (χ0) is 23.1. The molecule has 0 bridgehead atoms. The molecule has 4 N–H and O–H groups in total. The van der Waals surface area contributed by atoms with Crippen LogP contribution in [0.1, 0.15) is 17.5 Å². The first-order valence-corrected chi connectivity index (χ1v) is 12.2. The minimum atomic E-state index is -4.27. The molecule has 168 valence electrons. The standard InChI is InChI=1S/C19H24N2O8P2/c1-28-30(24,25)18(14-8-3-5-10-16(14)22)20-12-7-13-21-19(31(26,27)29-2)15-9-4-6-11-17(15)23/h3-6,8-11,22-23H,7,12-13H2,1-2H3,(H,24,25)(H,26,27). The first-order valence-electron chi connectivity index (χ1n) is 9.08. The van der Waals surface area contributed by atoms with Crippen molar-refractivity contribution in [3.63, 3.8) is 0 Å². The molecule has 2 aromatic rings. The van der Waals surface area contributed by atoms with E-state index in [0.29, 0.717) is 0 Å². The average Bonchev–Trinajstić information content (AvgIpc) is 2.74. The molecule has 12 heteroatoms. The van der Waals surface area contributed by atoms with Gasteiger partial charge in [-0.05, 0) is 30.7 Å². The van der Waals surface area contributed by atoms with Gasteiger partial charge >= 0.3 is 15.2 Å². The summed E-state index contributed by atoms with van der Waals surface area (Å²) in [4.78, 5) is 28.4. The average molecular weight is 470 g/mol. The molecule has 2 atom stereocenters. The monoisotopic (exact) mass is 470 g/mol. The first-order chi connectivity index (χ1) is 14.6. The van der Waals surface area contributed by atoms with Crippen LogP contribution in [0.15, 0.2) is 58.5 Å². The Morgan fingerprint density at radius 1 is 0.774 bits per heavy atom. The van der Waals surface area contributed by atoms with Gasteiger partial charge in [0, 0.05) is 38.4 Å². The van der Waals surface area contributed by atoms with Gasteiger partial charge in [-0.15, -0.1) is 0 Å². The van der Waals surface area contributed by atoms with Gasteiger partial charge in [0.1, 0.15) is 11.5 Å². The molecule has 0 aliphatic rings. The van der Waals surface area contributed by atoms with Crippen LogP contribution < -0.4 is 0 Å². The summed E-state index contributed by atoms with van der Waals surface area (Å²) in [5, 5.41) is 20.0. The molecule has 0 radical (unpaired) electrons. The van der Waals surface area contributed by atoms with E-state index in [0.717, 1.165) is 14.2 Å². The minimum absolute atomic E-state index is 0.0117. The van der Waals surface area contributed by atoms with Crippen LogP contribution >= 0.6 is 15.2 Å². The van der Waals surface area contributed by atoms with Crippen LogP contribution in [0, 0.1) is 0 Å². The van der Waals surface area contributed by atoms with Crippen LogP contribution in [0.25, 0.3) is 0 Å². The highest BCUT2D eigenvalue weighted by molar-refractivity contribution is 7.72. The minimum Gasteiger partial charge on any atom is -0.507 e. The van der Waals surface area contributed by atoms with Crippen molar-refractivity contribution in [3.8, 4) is 11.5 Å². The van der Waals surface area contributed by atoms with E-state index in [2.05, 4.69) is 19.0 Å². The lowest BCUT2D eigenvalue weighted by Gasteiger charge is -2.14. The summed E-state index contributed by atoms with van der Waals surface area (Å²) in [5.41, 5.74) is -0.480. The Bertz CT molecular complexity index is 987. The largest absolute Gasteiger partial charge is 0.507 e. The van der Waals surface area contributed by atoms with E-state index in [1.165, 1.54) is 24.3 Å². The van der Waals surface area contributed by atoms with Crippen LogP contribution in [0.4, 0.5) is 0 Å².